The van der Waals surface area contributed by atoms with Gasteiger partial charge in [-0.25, -0.2) is 0 Å². The van der Waals surface area contributed by atoms with Gasteiger partial charge < -0.3 is 9.84 Å². The van der Waals surface area contributed by atoms with E-state index in [1.165, 1.54) is 0 Å². The normalized spacial score (nSPS) is 18.7. The standard InChI is InChI=1S/C24H22Cl2N2O2/c1-2-30-17-10-7-15(8-11-17)21-14-22(19-13-16(25)9-12-23(19)29)28-24(27-21)18-5-3-4-6-20(18)26/h3-13,22,24,28-29H,2,14H2,1H3/t22-,24+/m1/s1. The number of aromatic hydroxyl groups is 1. The molecule has 0 saturated carbocycles. The van der Waals surface area contributed by atoms with Crippen LogP contribution in [0.1, 0.15) is 42.2 Å². The van der Waals surface area contributed by atoms with Gasteiger partial charge in [0, 0.05) is 39.3 Å². The van der Waals surface area contributed by atoms with Gasteiger partial charge >= 0.3 is 0 Å². The summed E-state index contributed by atoms with van der Waals surface area (Å²) < 4.78 is 5.56. The molecule has 3 aromatic rings. The number of hydrogen-bond donors (Lipinski definition) is 2. The van der Waals surface area contributed by atoms with Crippen LogP contribution in [0.3, 0.4) is 0 Å². The van der Waals surface area contributed by atoms with Gasteiger partial charge in [0.15, 0.2) is 0 Å². The zero-order chi connectivity index (χ0) is 21.1. The van der Waals surface area contributed by atoms with Gasteiger partial charge in [0.1, 0.15) is 17.7 Å². The van der Waals surface area contributed by atoms with Crippen molar-refractivity contribution in [3.05, 3.63) is 93.5 Å². The van der Waals surface area contributed by atoms with Crippen molar-refractivity contribution >= 4 is 28.9 Å². The molecule has 3 aromatic carbocycles. The van der Waals surface area contributed by atoms with Crippen LogP contribution in [0, 0.1) is 0 Å². The van der Waals surface area contributed by atoms with E-state index in [2.05, 4.69) is 5.32 Å². The molecule has 0 bridgehead atoms. The Labute approximate surface area is 186 Å². The summed E-state index contributed by atoms with van der Waals surface area (Å²) in [6, 6.07) is 20.5. The lowest BCUT2D eigenvalue weighted by atomic mass is 9.93. The molecular weight excluding hydrogens is 419 g/mol. The number of ether oxygens (including phenoxy) is 1. The van der Waals surface area contributed by atoms with Crippen molar-refractivity contribution in [3.8, 4) is 11.5 Å². The maximum absolute atomic E-state index is 10.5. The average molecular weight is 441 g/mol. The summed E-state index contributed by atoms with van der Waals surface area (Å²) in [7, 11) is 0. The van der Waals surface area contributed by atoms with E-state index in [-0.39, 0.29) is 18.0 Å². The summed E-state index contributed by atoms with van der Waals surface area (Å²) in [4.78, 5) is 4.95. The highest BCUT2D eigenvalue weighted by Gasteiger charge is 2.28. The van der Waals surface area contributed by atoms with E-state index < -0.39 is 0 Å². The van der Waals surface area contributed by atoms with Crippen molar-refractivity contribution in [2.24, 2.45) is 4.99 Å². The minimum atomic E-state index is -0.350. The van der Waals surface area contributed by atoms with E-state index >= 15 is 0 Å². The summed E-state index contributed by atoms with van der Waals surface area (Å²) in [5.41, 5.74) is 3.54. The summed E-state index contributed by atoms with van der Waals surface area (Å²) in [6.45, 7) is 2.58. The molecule has 0 amide bonds. The first-order valence-corrected chi connectivity index (χ1v) is 10.6. The number of phenols is 1. The minimum Gasteiger partial charge on any atom is -0.508 e. The van der Waals surface area contributed by atoms with Crippen LogP contribution >= 0.6 is 23.2 Å². The number of hydrogen-bond acceptors (Lipinski definition) is 4. The predicted molar refractivity (Wildman–Crippen MR) is 122 cm³/mol. The van der Waals surface area contributed by atoms with Crippen LogP contribution in [0.25, 0.3) is 0 Å². The summed E-state index contributed by atoms with van der Waals surface area (Å²) in [5, 5.41) is 15.2. The Morgan fingerprint density at radius 3 is 2.53 bits per heavy atom. The zero-order valence-electron chi connectivity index (χ0n) is 16.5. The summed E-state index contributed by atoms with van der Waals surface area (Å²) in [6.07, 6.45) is 0.250. The molecule has 1 heterocycles. The van der Waals surface area contributed by atoms with Crippen LogP contribution in [0.5, 0.6) is 11.5 Å². The molecule has 0 aliphatic carbocycles. The molecule has 0 radical (unpaired) electrons. The molecule has 1 aliphatic rings. The van der Waals surface area contributed by atoms with Crippen LogP contribution in [0.4, 0.5) is 0 Å². The third-order valence-corrected chi connectivity index (χ3v) is 5.68. The molecule has 4 nitrogen and oxygen atoms in total. The van der Waals surface area contributed by atoms with E-state index in [0.29, 0.717) is 23.1 Å². The Bertz CT molecular complexity index is 1070. The largest absolute Gasteiger partial charge is 0.508 e. The minimum absolute atomic E-state index is 0.177. The Morgan fingerprint density at radius 2 is 1.80 bits per heavy atom. The molecule has 0 unspecified atom stereocenters. The maximum Gasteiger partial charge on any atom is 0.127 e. The molecular formula is C24H22Cl2N2O2. The Balaban J connectivity index is 1.75. The molecule has 0 saturated heterocycles. The van der Waals surface area contributed by atoms with Crippen LogP contribution in [-0.2, 0) is 0 Å². The molecule has 0 fully saturated rings. The van der Waals surface area contributed by atoms with Gasteiger partial charge in [-0.05, 0) is 61.0 Å². The number of halogens is 2. The Morgan fingerprint density at radius 1 is 1.03 bits per heavy atom. The number of aliphatic imine (C=N–C) groups is 1. The number of nitrogens with one attached hydrogen (secondary N) is 1. The molecule has 0 aromatic heterocycles. The van der Waals surface area contributed by atoms with Crippen molar-refractivity contribution in [2.75, 3.05) is 6.61 Å². The van der Waals surface area contributed by atoms with E-state index in [1.807, 2.05) is 55.5 Å². The van der Waals surface area contributed by atoms with E-state index in [9.17, 15) is 5.11 Å². The highest BCUT2D eigenvalue weighted by atomic mass is 35.5. The molecule has 6 heteroatoms. The quantitative estimate of drug-likeness (QED) is 0.487. The first kappa shape index (κ1) is 20.7. The average Bonchev–Trinajstić information content (AvgIpc) is 2.76. The van der Waals surface area contributed by atoms with Gasteiger partial charge in [-0.3, -0.25) is 10.3 Å². The SMILES string of the molecule is CCOc1ccc(C2=N[C@H](c3ccccc3Cl)N[C@@H](c3cc(Cl)ccc3O)C2)cc1. The topological polar surface area (TPSA) is 53.8 Å². The summed E-state index contributed by atoms with van der Waals surface area (Å²) >= 11 is 12.7. The molecule has 0 spiro atoms. The number of benzene rings is 3. The number of rotatable bonds is 5. The second kappa shape index (κ2) is 9.09. The lowest BCUT2D eigenvalue weighted by molar-refractivity contribution is 0.340. The van der Waals surface area contributed by atoms with E-state index in [4.69, 9.17) is 32.9 Å². The fraction of sp³-hybridized carbons (Fsp3) is 0.208. The number of phenolic OH excluding ortho intramolecular Hbond substituents is 1. The van der Waals surface area contributed by atoms with Crippen molar-refractivity contribution in [3.63, 3.8) is 0 Å². The zero-order valence-corrected chi connectivity index (χ0v) is 18.0. The molecule has 4 rings (SSSR count). The van der Waals surface area contributed by atoms with Crippen molar-refractivity contribution in [1.29, 1.82) is 0 Å². The van der Waals surface area contributed by atoms with Gasteiger partial charge in [0.2, 0.25) is 0 Å². The third kappa shape index (κ3) is 4.46. The first-order chi connectivity index (χ1) is 14.5. The van der Waals surface area contributed by atoms with Crippen molar-refractivity contribution in [1.82, 2.24) is 5.32 Å². The second-order valence-electron chi connectivity index (χ2n) is 7.08. The van der Waals surface area contributed by atoms with E-state index in [0.717, 1.165) is 28.2 Å². The Hall–Kier alpha value is -2.53. The smallest absolute Gasteiger partial charge is 0.127 e. The van der Waals surface area contributed by atoms with Gasteiger partial charge in [0.25, 0.3) is 0 Å². The molecule has 1 aliphatic heterocycles. The van der Waals surface area contributed by atoms with E-state index in [1.54, 1.807) is 18.2 Å². The van der Waals surface area contributed by atoms with Crippen LogP contribution < -0.4 is 10.1 Å². The molecule has 2 N–H and O–H groups in total. The highest BCUT2D eigenvalue weighted by molar-refractivity contribution is 6.31. The van der Waals surface area contributed by atoms with Crippen LogP contribution in [0.15, 0.2) is 71.7 Å². The fourth-order valence-corrected chi connectivity index (χ4v) is 4.07. The van der Waals surface area contributed by atoms with Gasteiger partial charge in [0.05, 0.1) is 6.61 Å². The monoisotopic (exact) mass is 440 g/mol. The van der Waals surface area contributed by atoms with Crippen LogP contribution in [-0.4, -0.2) is 17.4 Å². The number of nitrogens with zero attached hydrogens (tertiary/aromatic N) is 1. The first-order valence-electron chi connectivity index (χ1n) is 9.84. The predicted octanol–water partition coefficient (Wildman–Crippen LogP) is 6.32. The van der Waals surface area contributed by atoms with Gasteiger partial charge in [-0.2, -0.15) is 0 Å². The molecule has 30 heavy (non-hydrogen) atoms. The lowest BCUT2D eigenvalue weighted by Gasteiger charge is -2.31. The molecule has 154 valence electrons. The van der Waals surface area contributed by atoms with Crippen molar-refractivity contribution in [2.45, 2.75) is 25.6 Å². The third-order valence-electron chi connectivity index (χ3n) is 5.10. The van der Waals surface area contributed by atoms with Crippen LogP contribution in [0.2, 0.25) is 10.0 Å². The maximum atomic E-state index is 10.5. The highest BCUT2D eigenvalue weighted by Crippen LogP contribution is 2.37. The molecule has 2 atom stereocenters. The lowest BCUT2D eigenvalue weighted by Crippen LogP contribution is -2.33. The van der Waals surface area contributed by atoms with Crippen molar-refractivity contribution < 1.29 is 9.84 Å². The summed E-state index contributed by atoms with van der Waals surface area (Å²) in [5.74, 6) is 1.02. The second-order valence-corrected chi connectivity index (χ2v) is 7.93. The van der Waals surface area contributed by atoms with Gasteiger partial charge in [-0.15, -0.1) is 0 Å². The fourth-order valence-electron chi connectivity index (χ4n) is 3.65. The Kier molecular flexibility index (Phi) is 6.28. The van der Waals surface area contributed by atoms with Gasteiger partial charge in [-0.1, -0.05) is 41.4 Å².